The van der Waals surface area contributed by atoms with Crippen LogP contribution < -0.4 is 5.32 Å². The van der Waals surface area contributed by atoms with Crippen LogP contribution in [0.3, 0.4) is 0 Å². The van der Waals surface area contributed by atoms with Crippen LogP contribution in [0.1, 0.15) is 23.7 Å². The van der Waals surface area contributed by atoms with Gasteiger partial charge in [-0.05, 0) is 24.6 Å². The lowest BCUT2D eigenvalue weighted by Crippen LogP contribution is -2.23. The Bertz CT molecular complexity index is 994. The van der Waals surface area contributed by atoms with E-state index in [1.807, 2.05) is 11.5 Å². The van der Waals surface area contributed by atoms with Gasteiger partial charge in [0, 0.05) is 36.0 Å². The first-order chi connectivity index (χ1) is 12.4. The highest BCUT2D eigenvalue weighted by atomic mass is 35.5. The van der Waals surface area contributed by atoms with Crippen molar-refractivity contribution in [2.45, 2.75) is 19.9 Å². The molecule has 1 aromatic carbocycles. The van der Waals surface area contributed by atoms with Crippen LogP contribution in [0.2, 0.25) is 10.0 Å². The molecule has 0 spiro atoms. The number of phenols is 1. The number of pyridine rings is 1. The summed E-state index contributed by atoms with van der Waals surface area (Å²) >= 11 is 12.0. The summed E-state index contributed by atoms with van der Waals surface area (Å²) in [6.45, 7) is 2.69. The maximum atomic E-state index is 12.7. The number of phenolic OH excluding ortho intramolecular Hbond substituents is 1. The van der Waals surface area contributed by atoms with Crippen molar-refractivity contribution in [1.82, 2.24) is 9.55 Å². The van der Waals surface area contributed by atoms with Crippen molar-refractivity contribution in [3.8, 4) is 5.75 Å². The third-order valence-corrected chi connectivity index (χ3v) is 4.45. The van der Waals surface area contributed by atoms with Crippen molar-refractivity contribution in [2.24, 2.45) is 0 Å². The molecule has 2 heterocycles. The molecule has 0 saturated carbocycles. The molecule has 0 aliphatic carbocycles. The van der Waals surface area contributed by atoms with E-state index in [2.05, 4.69) is 10.3 Å². The third-order valence-electron chi connectivity index (χ3n) is 3.87. The van der Waals surface area contributed by atoms with Gasteiger partial charge in [-0.25, -0.2) is 0 Å². The zero-order chi connectivity index (χ0) is 18.8. The predicted octanol–water partition coefficient (Wildman–Crippen LogP) is 4.28. The Hall–Kier alpha value is -2.57. The average molecular weight is 392 g/mol. The molecule has 1 amide bonds. The number of aryl methyl sites for hydroxylation is 1. The lowest BCUT2D eigenvalue weighted by Gasteiger charge is -2.07. The highest BCUT2D eigenvalue weighted by Crippen LogP contribution is 2.30. The Morgan fingerprint density at radius 1 is 1.23 bits per heavy atom. The van der Waals surface area contributed by atoms with Crippen molar-refractivity contribution in [3.63, 3.8) is 0 Å². The molecule has 134 valence electrons. The van der Waals surface area contributed by atoms with E-state index in [1.54, 1.807) is 18.3 Å². The Morgan fingerprint density at radius 2 is 1.92 bits per heavy atom. The lowest BCUT2D eigenvalue weighted by molar-refractivity contribution is -0.112. The van der Waals surface area contributed by atoms with Crippen molar-refractivity contribution < 1.29 is 14.7 Å². The van der Waals surface area contributed by atoms with Crippen LogP contribution in [0.25, 0.3) is 10.9 Å². The number of nitrogens with zero attached hydrogens (tertiary/aromatic N) is 2. The van der Waals surface area contributed by atoms with Gasteiger partial charge in [0.05, 0.1) is 21.3 Å². The summed E-state index contributed by atoms with van der Waals surface area (Å²) in [5, 5.41) is 13.0. The number of anilines is 1. The van der Waals surface area contributed by atoms with Crippen LogP contribution in [0.15, 0.2) is 36.8 Å². The van der Waals surface area contributed by atoms with Gasteiger partial charge in [0.25, 0.3) is 11.7 Å². The number of halogens is 2. The Morgan fingerprint density at radius 3 is 2.58 bits per heavy atom. The van der Waals surface area contributed by atoms with Gasteiger partial charge in [0.2, 0.25) is 0 Å². The van der Waals surface area contributed by atoms with E-state index >= 15 is 0 Å². The number of benzene rings is 1. The van der Waals surface area contributed by atoms with E-state index < -0.39 is 11.7 Å². The number of rotatable bonds is 5. The van der Waals surface area contributed by atoms with Gasteiger partial charge in [-0.2, -0.15) is 0 Å². The molecule has 3 aromatic rings. The van der Waals surface area contributed by atoms with Crippen LogP contribution in [0.5, 0.6) is 5.75 Å². The fourth-order valence-electron chi connectivity index (χ4n) is 2.72. The van der Waals surface area contributed by atoms with E-state index in [1.165, 1.54) is 18.5 Å². The molecule has 0 atom stereocenters. The number of carbonyl (C=O) groups excluding carboxylic acids is 2. The van der Waals surface area contributed by atoms with Crippen molar-refractivity contribution in [1.29, 1.82) is 0 Å². The number of aromatic nitrogens is 2. The number of Topliss-reactive ketones (excluding diaryl/α,β-unsaturated/α-hetero) is 1. The third kappa shape index (κ3) is 3.38. The molecule has 0 bridgehead atoms. The van der Waals surface area contributed by atoms with Crippen LogP contribution in [-0.2, 0) is 11.3 Å². The van der Waals surface area contributed by atoms with Crippen LogP contribution in [0, 0.1) is 0 Å². The zero-order valence-corrected chi connectivity index (χ0v) is 15.3. The molecule has 0 fully saturated rings. The standard InChI is InChI=1S/C18H15Cl2N3O3/c1-2-5-23-9-12(11-6-10(24)3-4-15(11)23)17(25)18(26)22-16-13(19)7-21-8-14(16)20/h3-4,6-9,24H,2,5H2,1H3,(H,21,22,26). The predicted molar refractivity (Wildman–Crippen MR) is 101 cm³/mol. The summed E-state index contributed by atoms with van der Waals surface area (Å²) in [5.41, 5.74) is 1.09. The second-order valence-corrected chi connectivity index (χ2v) is 6.51. The molecule has 2 N–H and O–H groups in total. The number of amides is 1. The molecule has 8 heteroatoms. The first-order valence-corrected chi connectivity index (χ1v) is 8.64. The van der Waals surface area contributed by atoms with Crippen LogP contribution in [0.4, 0.5) is 5.69 Å². The Kier molecular flexibility index (Phi) is 5.15. The number of nitrogens with one attached hydrogen (secondary N) is 1. The minimum absolute atomic E-state index is 0.0152. The molecular weight excluding hydrogens is 377 g/mol. The van der Waals surface area contributed by atoms with Crippen LogP contribution >= 0.6 is 23.2 Å². The molecule has 2 aromatic heterocycles. The van der Waals surface area contributed by atoms with E-state index in [-0.39, 0.29) is 27.0 Å². The van der Waals surface area contributed by atoms with E-state index in [9.17, 15) is 14.7 Å². The van der Waals surface area contributed by atoms with Crippen molar-refractivity contribution in [3.05, 3.63) is 52.4 Å². The zero-order valence-electron chi connectivity index (χ0n) is 13.8. The molecule has 6 nitrogen and oxygen atoms in total. The summed E-state index contributed by atoms with van der Waals surface area (Å²) < 4.78 is 1.88. The molecular formula is C18H15Cl2N3O3. The summed E-state index contributed by atoms with van der Waals surface area (Å²) in [7, 11) is 0. The number of carbonyl (C=O) groups is 2. The van der Waals surface area contributed by atoms with Gasteiger partial charge in [-0.15, -0.1) is 0 Å². The Labute approximate surface area is 159 Å². The maximum Gasteiger partial charge on any atom is 0.296 e. The van der Waals surface area contributed by atoms with Gasteiger partial charge >= 0.3 is 0 Å². The summed E-state index contributed by atoms with van der Waals surface area (Å²) in [6, 6.07) is 4.72. The fourth-order valence-corrected chi connectivity index (χ4v) is 3.17. The molecule has 0 saturated heterocycles. The van der Waals surface area contributed by atoms with Gasteiger partial charge in [0.1, 0.15) is 5.75 Å². The fraction of sp³-hybridized carbons (Fsp3) is 0.167. The molecule has 0 radical (unpaired) electrons. The first-order valence-electron chi connectivity index (χ1n) is 7.89. The minimum atomic E-state index is -0.876. The smallest absolute Gasteiger partial charge is 0.296 e. The van der Waals surface area contributed by atoms with Gasteiger partial charge in [-0.1, -0.05) is 30.1 Å². The minimum Gasteiger partial charge on any atom is -0.508 e. The summed E-state index contributed by atoms with van der Waals surface area (Å²) in [5.74, 6) is -1.61. The lowest BCUT2D eigenvalue weighted by atomic mass is 10.1. The monoisotopic (exact) mass is 391 g/mol. The Balaban J connectivity index is 1.99. The van der Waals surface area contributed by atoms with E-state index in [0.29, 0.717) is 11.9 Å². The molecule has 26 heavy (non-hydrogen) atoms. The first kappa shape index (κ1) is 18.2. The van der Waals surface area contributed by atoms with Gasteiger partial charge in [0.15, 0.2) is 0 Å². The van der Waals surface area contributed by atoms with E-state index in [4.69, 9.17) is 23.2 Å². The normalized spacial score (nSPS) is 10.9. The highest BCUT2D eigenvalue weighted by Gasteiger charge is 2.23. The second kappa shape index (κ2) is 7.35. The highest BCUT2D eigenvalue weighted by molar-refractivity contribution is 6.50. The quantitative estimate of drug-likeness (QED) is 0.502. The second-order valence-electron chi connectivity index (χ2n) is 5.70. The van der Waals surface area contributed by atoms with Crippen molar-refractivity contribution in [2.75, 3.05) is 5.32 Å². The maximum absolute atomic E-state index is 12.7. The molecule has 0 aliphatic rings. The topological polar surface area (TPSA) is 84.2 Å². The average Bonchev–Trinajstić information content (AvgIpc) is 2.95. The molecule has 0 unspecified atom stereocenters. The summed E-state index contributed by atoms with van der Waals surface area (Å²) in [6.07, 6.45) is 5.11. The molecule has 0 aliphatic heterocycles. The number of hydrogen-bond donors (Lipinski definition) is 2. The number of aromatic hydroxyl groups is 1. The number of fused-ring (bicyclic) bond motifs is 1. The summed E-state index contributed by atoms with van der Waals surface area (Å²) in [4.78, 5) is 28.9. The largest absolute Gasteiger partial charge is 0.508 e. The van der Waals surface area contributed by atoms with Crippen LogP contribution in [-0.4, -0.2) is 26.3 Å². The molecule has 3 rings (SSSR count). The van der Waals surface area contributed by atoms with Crippen molar-refractivity contribution >= 4 is 51.5 Å². The SMILES string of the molecule is CCCn1cc(C(=O)C(=O)Nc2c(Cl)cncc2Cl)c2cc(O)ccc21. The van der Waals surface area contributed by atoms with Gasteiger partial charge < -0.3 is 15.0 Å². The number of ketones is 1. The van der Waals surface area contributed by atoms with Gasteiger partial charge in [-0.3, -0.25) is 14.6 Å². The van der Waals surface area contributed by atoms with E-state index in [0.717, 1.165) is 11.9 Å². The number of hydrogen-bond acceptors (Lipinski definition) is 4.